The fourth-order valence-corrected chi connectivity index (χ4v) is 2.43. The molecule has 0 spiro atoms. The summed E-state index contributed by atoms with van der Waals surface area (Å²) in [5.41, 5.74) is 0.654. The number of nitro groups is 1. The Kier molecular flexibility index (Phi) is 4.57. The summed E-state index contributed by atoms with van der Waals surface area (Å²) < 4.78 is 0. The Morgan fingerprint density at radius 1 is 1.32 bits per heavy atom. The number of halogens is 1. The van der Waals surface area contributed by atoms with E-state index in [-0.39, 0.29) is 12.3 Å². The summed E-state index contributed by atoms with van der Waals surface area (Å²) in [4.78, 5) is 14.8. The fourth-order valence-electron chi connectivity index (χ4n) is 2.26. The van der Waals surface area contributed by atoms with E-state index >= 15 is 0 Å². The van der Waals surface area contributed by atoms with Gasteiger partial charge in [0.1, 0.15) is 5.69 Å². The number of benzene rings is 1. The maximum Gasteiger partial charge on any atom is 0.294 e. The van der Waals surface area contributed by atoms with Gasteiger partial charge in [0.15, 0.2) is 0 Å². The number of nitrogens with zero attached hydrogens (tertiary/aromatic N) is 3. The van der Waals surface area contributed by atoms with Crippen LogP contribution >= 0.6 is 11.6 Å². The van der Waals surface area contributed by atoms with Crippen molar-refractivity contribution in [1.82, 2.24) is 4.90 Å². The molecule has 1 aromatic rings. The van der Waals surface area contributed by atoms with Gasteiger partial charge in [0.2, 0.25) is 0 Å². The van der Waals surface area contributed by atoms with E-state index in [0.29, 0.717) is 30.3 Å². The van der Waals surface area contributed by atoms with E-state index in [9.17, 15) is 10.1 Å². The average molecular weight is 286 g/mol. The molecule has 1 N–H and O–H groups in total. The van der Waals surface area contributed by atoms with Crippen LogP contribution in [0.5, 0.6) is 0 Å². The largest absolute Gasteiger partial charge is 0.395 e. The lowest BCUT2D eigenvalue weighted by Gasteiger charge is -2.35. The normalized spacial score (nSPS) is 16.6. The standard InChI is InChI=1S/C12H16ClN3O3/c13-10-1-2-11(12(9-10)16(18)19)15-5-3-14(4-6-15)7-8-17/h1-2,9,17H,3-8H2. The molecule has 1 fully saturated rings. The van der Waals surface area contributed by atoms with Crippen LogP contribution in [0, 0.1) is 10.1 Å². The van der Waals surface area contributed by atoms with E-state index in [4.69, 9.17) is 16.7 Å². The third-order valence-corrected chi connectivity index (χ3v) is 3.50. The van der Waals surface area contributed by atoms with Crippen LogP contribution < -0.4 is 4.90 Å². The Balaban J connectivity index is 2.13. The van der Waals surface area contributed by atoms with E-state index in [1.807, 2.05) is 4.90 Å². The molecule has 1 aliphatic heterocycles. The van der Waals surface area contributed by atoms with Gasteiger partial charge in [-0.2, -0.15) is 0 Å². The Labute approximate surface area is 116 Å². The van der Waals surface area contributed by atoms with E-state index < -0.39 is 4.92 Å². The Hall–Kier alpha value is -1.37. The van der Waals surface area contributed by atoms with Gasteiger partial charge in [-0.25, -0.2) is 0 Å². The summed E-state index contributed by atoms with van der Waals surface area (Å²) in [6, 6.07) is 4.75. The first-order chi connectivity index (χ1) is 9.11. The number of aliphatic hydroxyl groups is 1. The van der Waals surface area contributed by atoms with Crippen molar-refractivity contribution in [3.05, 3.63) is 33.3 Å². The molecule has 1 heterocycles. The molecule has 6 nitrogen and oxygen atoms in total. The molecule has 2 rings (SSSR count). The predicted octanol–water partition coefficient (Wildman–Crippen LogP) is 1.36. The topological polar surface area (TPSA) is 69.9 Å². The summed E-state index contributed by atoms with van der Waals surface area (Å²) in [7, 11) is 0. The number of anilines is 1. The van der Waals surface area contributed by atoms with Gasteiger partial charge >= 0.3 is 0 Å². The van der Waals surface area contributed by atoms with Gasteiger partial charge in [-0.15, -0.1) is 0 Å². The molecule has 19 heavy (non-hydrogen) atoms. The summed E-state index contributed by atoms with van der Waals surface area (Å²) in [5.74, 6) is 0. The van der Waals surface area contributed by atoms with E-state index in [2.05, 4.69) is 4.90 Å². The van der Waals surface area contributed by atoms with Crippen LogP contribution in [-0.2, 0) is 0 Å². The molecule has 0 aromatic heterocycles. The number of piperazine rings is 1. The first-order valence-electron chi connectivity index (χ1n) is 6.14. The molecule has 1 aliphatic rings. The monoisotopic (exact) mass is 285 g/mol. The highest BCUT2D eigenvalue weighted by molar-refractivity contribution is 6.30. The van der Waals surface area contributed by atoms with Gasteiger partial charge in [0.05, 0.1) is 11.5 Å². The first-order valence-corrected chi connectivity index (χ1v) is 6.51. The minimum Gasteiger partial charge on any atom is -0.395 e. The number of hydrogen-bond donors (Lipinski definition) is 1. The van der Waals surface area contributed by atoms with Gasteiger partial charge in [-0.3, -0.25) is 15.0 Å². The van der Waals surface area contributed by atoms with Crippen molar-refractivity contribution in [1.29, 1.82) is 0 Å². The molecule has 1 aromatic carbocycles. The molecule has 7 heteroatoms. The SMILES string of the molecule is O=[N+]([O-])c1cc(Cl)ccc1N1CCN(CCO)CC1. The van der Waals surface area contributed by atoms with Crippen LogP contribution in [0.25, 0.3) is 0 Å². The van der Waals surface area contributed by atoms with Gasteiger partial charge in [-0.05, 0) is 12.1 Å². The number of rotatable bonds is 4. The molecule has 0 saturated carbocycles. The minimum absolute atomic E-state index is 0.0445. The number of aliphatic hydroxyl groups excluding tert-OH is 1. The van der Waals surface area contributed by atoms with Crippen molar-refractivity contribution in [3.8, 4) is 0 Å². The predicted molar refractivity (Wildman–Crippen MR) is 73.8 cm³/mol. The highest BCUT2D eigenvalue weighted by Crippen LogP contribution is 2.31. The quantitative estimate of drug-likeness (QED) is 0.668. The van der Waals surface area contributed by atoms with Gasteiger partial charge in [0, 0.05) is 43.8 Å². The van der Waals surface area contributed by atoms with Gasteiger partial charge < -0.3 is 10.0 Å². The van der Waals surface area contributed by atoms with Crippen molar-refractivity contribution >= 4 is 23.0 Å². The minimum atomic E-state index is -0.401. The summed E-state index contributed by atoms with van der Waals surface area (Å²) in [5, 5.41) is 20.3. The van der Waals surface area contributed by atoms with Crippen LogP contribution in [0.4, 0.5) is 11.4 Å². The Bertz CT molecular complexity index is 462. The molecule has 0 bridgehead atoms. The third kappa shape index (κ3) is 3.34. The maximum atomic E-state index is 11.1. The second-order valence-electron chi connectivity index (χ2n) is 4.44. The van der Waals surface area contributed by atoms with Crippen molar-refractivity contribution in [3.63, 3.8) is 0 Å². The third-order valence-electron chi connectivity index (χ3n) is 3.26. The summed E-state index contributed by atoms with van der Waals surface area (Å²) >= 11 is 5.81. The Morgan fingerprint density at radius 3 is 2.58 bits per heavy atom. The molecule has 1 saturated heterocycles. The van der Waals surface area contributed by atoms with E-state index in [1.165, 1.54) is 6.07 Å². The number of β-amino-alcohol motifs (C(OH)–C–C–N with tert-alkyl or cyclic N) is 1. The average Bonchev–Trinajstić information content (AvgIpc) is 2.40. The Morgan fingerprint density at radius 2 is 2.00 bits per heavy atom. The zero-order valence-electron chi connectivity index (χ0n) is 10.5. The van der Waals surface area contributed by atoms with Crippen LogP contribution in [0.1, 0.15) is 0 Å². The lowest BCUT2D eigenvalue weighted by Crippen LogP contribution is -2.47. The molecular weight excluding hydrogens is 270 g/mol. The highest BCUT2D eigenvalue weighted by Gasteiger charge is 2.23. The zero-order chi connectivity index (χ0) is 13.8. The molecule has 0 unspecified atom stereocenters. The van der Waals surface area contributed by atoms with Gasteiger partial charge in [0.25, 0.3) is 5.69 Å². The van der Waals surface area contributed by atoms with Crippen molar-refractivity contribution in [2.45, 2.75) is 0 Å². The lowest BCUT2D eigenvalue weighted by molar-refractivity contribution is -0.384. The maximum absolute atomic E-state index is 11.1. The summed E-state index contributed by atoms with van der Waals surface area (Å²) in [6.07, 6.45) is 0. The molecule has 0 amide bonds. The first kappa shape index (κ1) is 14.0. The smallest absolute Gasteiger partial charge is 0.294 e. The van der Waals surface area contributed by atoms with Crippen molar-refractivity contribution in [2.75, 3.05) is 44.2 Å². The van der Waals surface area contributed by atoms with Crippen LogP contribution in [0.15, 0.2) is 18.2 Å². The van der Waals surface area contributed by atoms with Crippen molar-refractivity contribution in [2.24, 2.45) is 0 Å². The molecule has 0 aliphatic carbocycles. The molecule has 104 valence electrons. The van der Waals surface area contributed by atoms with Crippen LogP contribution in [-0.4, -0.2) is 54.3 Å². The second kappa shape index (κ2) is 6.18. The van der Waals surface area contributed by atoms with Gasteiger partial charge in [-0.1, -0.05) is 11.6 Å². The van der Waals surface area contributed by atoms with Crippen LogP contribution in [0.2, 0.25) is 5.02 Å². The number of nitro benzene ring substituents is 1. The number of hydrogen-bond acceptors (Lipinski definition) is 5. The zero-order valence-corrected chi connectivity index (χ0v) is 11.2. The highest BCUT2D eigenvalue weighted by atomic mass is 35.5. The lowest BCUT2D eigenvalue weighted by atomic mass is 10.2. The van der Waals surface area contributed by atoms with E-state index in [0.717, 1.165) is 13.1 Å². The molecular formula is C12H16ClN3O3. The second-order valence-corrected chi connectivity index (χ2v) is 4.88. The molecule has 0 radical (unpaired) electrons. The summed E-state index contributed by atoms with van der Waals surface area (Å²) in [6.45, 7) is 3.79. The van der Waals surface area contributed by atoms with E-state index in [1.54, 1.807) is 12.1 Å². The van der Waals surface area contributed by atoms with Crippen molar-refractivity contribution < 1.29 is 10.0 Å². The fraction of sp³-hybridized carbons (Fsp3) is 0.500. The molecule has 0 atom stereocenters. The van der Waals surface area contributed by atoms with Crippen LogP contribution in [0.3, 0.4) is 0 Å².